The van der Waals surface area contributed by atoms with Gasteiger partial charge in [0.25, 0.3) is 0 Å². The van der Waals surface area contributed by atoms with Crippen LogP contribution in [0.25, 0.3) is 0 Å². The normalized spacial score (nSPS) is 17.3. The SMILES string of the molecule is CN(CC(CC=O)(c1ccc(Cl)c(Cl)c1)N(C)C(=O)OC(C)(C)C)C(=O)C(F)(F)F.CN(CC(CCN1CCC2(CC1)NC(=O)Cc1ccccc12)(c1ccc(Cl)c(Cl)c1)N(C)C(=O)OC(C)(C)C)C(=O)C(F)(F)F.Cl.O=C1Cc2ccccc2C2(CCNCC2)N1. The molecule has 2 spiro atoms. The molecule has 6 amide bonds. The number of ether oxygens (including phenoxy) is 2. The summed E-state index contributed by atoms with van der Waals surface area (Å²) in [6, 6.07) is 25.0. The van der Waals surface area contributed by atoms with Gasteiger partial charge < -0.3 is 44.9 Å². The Morgan fingerprint density at radius 3 is 1.35 bits per heavy atom. The van der Waals surface area contributed by atoms with Gasteiger partial charge in [-0.1, -0.05) is 107 Å². The van der Waals surface area contributed by atoms with Crippen LogP contribution in [0, 0.1) is 0 Å². The van der Waals surface area contributed by atoms with Crippen molar-refractivity contribution in [3.8, 4) is 0 Å². The maximum atomic E-state index is 13.6. The quantitative estimate of drug-likeness (QED) is 0.0853. The number of halogens is 11. The molecule has 2 unspecified atom stereocenters. The summed E-state index contributed by atoms with van der Waals surface area (Å²) < 4.78 is 90.6. The Kier molecular flexibility index (Phi) is 25.4. The maximum Gasteiger partial charge on any atom is 0.471 e. The Bertz CT molecular complexity index is 3320. The number of amides is 6. The summed E-state index contributed by atoms with van der Waals surface area (Å²) in [7, 11) is 4.70. The molecule has 17 nitrogen and oxygen atoms in total. The van der Waals surface area contributed by atoms with Crippen molar-refractivity contribution in [2.24, 2.45) is 0 Å². The smallest absolute Gasteiger partial charge is 0.444 e. The second-order valence-corrected chi connectivity index (χ2v) is 27.0. The van der Waals surface area contributed by atoms with Gasteiger partial charge >= 0.3 is 36.4 Å². The number of likely N-dealkylation sites (N-methyl/N-ethyl adjacent to an activating group) is 4. The van der Waals surface area contributed by atoms with E-state index in [-0.39, 0.29) is 61.8 Å². The van der Waals surface area contributed by atoms with Crippen molar-refractivity contribution < 1.29 is 69.4 Å². The summed E-state index contributed by atoms with van der Waals surface area (Å²) in [5, 5.41) is 10.4. The Balaban J connectivity index is 0.000000279. The maximum absolute atomic E-state index is 13.6. The first-order valence-corrected chi connectivity index (χ1v) is 30.9. The molecule has 2 fully saturated rings. The van der Waals surface area contributed by atoms with Crippen LogP contribution in [0.5, 0.6) is 0 Å². The zero-order chi connectivity index (χ0) is 67.9. The number of rotatable bonds is 13. The molecule has 4 heterocycles. The third-order valence-corrected chi connectivity index (χ3v) is 18.1. The van der Waals surface area contributed by atoms with Crippen molar-refractivity contribution in [2.75, 3.05) is 74.0 Å². The van der Waals surface area contributed by atoms with Crippen molar-refractivity contribution >= 4 is 101 Å². The van der Waals surface area contributed by atoms with Crippen LogP contribution in [0.2, 0.25) is 20.1 Å². The average Bonchev–Trinajstić information content (AvgIpc) is 0.785. The molecule has 0 bridgehead atoms. The van der Waals surface area contributed by atoms with Gasteiger partial charge in [0.2, 0.25) is 11.8 Å². The minimum absolute atomic E-state index is 0. The number of nitrogens with one attached hydrogen (secondary N) is 3. The first-order valence-electron chi connectivity index (χ1n) is 29.4. The molecule has 8 rings (SSSR count). The van der Waals surface area contributed by atoms with E-state index in [0.29, 0.717) is 67.0 Å². The summed E-state index contributed by atoms with van der Waals surface area (Å²) in [6.45, 7) is 12.2. The van der Waals surface area contributed by atoms with Crippen LogP contribution in [-0.4, -0.2) is 164 Å². The molecule has 4 aliphatic heterocycles. The van der Waals surface area contributed by atoms with Crippen LogP contribution in [0.3, 0.4) is 0 Å². The molecule has 92 heavy (non-hydrogen) atoms. The minimum atomic E-state index is -5.14. The number of likely N-dealkylation sites (tertiary alicyclic amines) is 1. The van der Waals surface area contributed by atoms with Crippen molar-refractivity contribution in [3.05, 3.63) is 138 Å². The number of hydrogen-bond acceptors (Lipinski definition) is 11. The highest BCUT2D eigenvalue weighted by Gasteiger charge is 2.51. The first-order chi connectivity index (χ1) is 42.2. The second-order valence-electron chi connectivity index (χ2n) is 25.4. The van der Waals surface area contributed by atoms with E-state index in [9.17, 15) is 59.9 Å². The van der Waals surface area contributed by atoms with Crippen molar-refractivity contribution in [1.29, 1.82) is 0 Å². The Labute approximate surface area is 558 Å². The van der Waals surface area contributed by atoms with Gasteiger partial charge in [0.05, 0.1) is 55.1 Å². The van der Waals surface area contributed by atoms with E-state index in [4.69, 9.17) is 55.9 Å². The van der Waals surface area contributed by atoms with Crippen LogP contribution in [0.15, 0.2) is 84.9 Å². The standard InChI is InChI=1S/C32H39Cl2F3N4O4.C19H23Cl2F3N2O4.C13H16N2O.ClH/c1-29(2,3)45-28(44)40(5)31(20-39(4)27(43)32(35,36)37,22-10-11-24(33)25(34)19-22)14-17-41-15-12-30(13-16-41)23-9-7-6-8-21(23)18-26(42)38-30;1-17(2,3)30-16(29)26(5)18(8-9-27,11-25(4)15(28)19(22,23)24)12-6-7-13(20)14(21)10-12;16-12-9-10-3-1-2-4-11(10)13(15-12)5-7-14-8-6-13;/h6-11,19H,12-18,20H2,1-5H3,(H,38,42);6-7,9-10H,8,11H2,1-5H3;1-4,14H,5-9H2,(H,15,16);1H. The molecule has 0 radical (unpaired) electrons. The molecule has 0 aliphatic carbocycles. The second kappa shape index (κ2) is 30.5. The summed E-state index contributed by atoms with van der Waals surface area (Å²) in [5.74, 6) is -4.04. The number of carbonyl (C=O) groups is 7. The predicted molar refractivity (Wildman–Crippen MR) is 342 cm³/mol. The number of alkyl halides is 6. The third-order valence-electron chi connectivity index (χ3n) is 16.7. The fourth-order valence-corrected chi connectivity index (χ4v) is 12.7. The first kappa shape index (κ1) is 76.6. The number of hydrogen-bond donors (Lipinski definition) is 3. The highest BCUT2D eigenvalue weighted by atomic mass is 35.5. The number of benzene rings is 4. The number of carbonyl (C=O) groups excluding carboxylic acids is 7. The molecule has 28 heteroatoms. The van der Waals surface area contributed by atoms with Crippen molar-refractivity contribution in [2.45, 2.75) is 139 Å². The van der Waals surface area contributed by atoms with Gasteiger partial charge in [0.15, 0.2) is 0 Å². The summed E-state index contributed by atoms with van der Waals surface area (Å²) in [6.07, 6.45) is -7.69. The largest absolute Gasteiger partial charge is 0.471 e. The Morgan fingerprint density at radius 2 is 0.957 bits per heavy atom. The Morgan fingerprint density at radius 1 is 0.576 bits per heavy atom. The summed E-state index contributed by atoms with van der Waals surface area (Å²) >= 11 is 24.6. The highest BCUT2D eigenvalue weighted by Crippen LogP contribution is 2.43. The fraction of sp³-hybridized carbons (Fsp3) is 0.516. The van der Waals surface area contributed by atoms with Crippen molar-refractivity contribution in [1.82, 2.24) is 40.4 Å². The van der Waals surface area contributed by atoms with Gasteiger partial charge in [-0.2, -0.15) is 26.3 Å². The monoisotopic (exact) mass is 1390 g/mol. The summed E-state index contributed by atoms with van der Waals surface area (Å²) in [4.78, 5) is 91.7. The fourth-order valence-electron chi connectivity index (χ4n) is 12.1. The van der Waals surface area contributed by atoms with Gasteiger partial charge in [0.1, 0.15) is 17.5 Å². The molecule has 2 atom stereocenters. The Hall–Kier alpha value is -6.08. The van der Waals surface area contributed by atoms with Gasteiger partial charge in [-0.3, -0.25) is 29.0 Å². The minimum Gasteiger partial charge on any atom is -0.444 e. The zero-order valence-corrected chi connectivity index (χ0v) is 56.7. The average molecular weight is 1400 g/mol. The van der Waals surface area contributed by atoms with E-state index in [2.05, 4.69) is 39.0 Å². The molecule has 4 aliphatic rings. The van der Waals surface area contributed by atoms with E-state index >= 15 is 0 Å². The number of piperidine rings is 2. The molecule has 506 valence electrons. The number of nitrogens with zero attached hydrogens (tertiary/aromatic N) is 5. The van der Waals surface area contributed by atoms with Gasteiger partial charge in [-0.05, 0) is 144 Å². The highest BCUT2D eigenvalue weighted by molar-refractivity contribution is 6.42. The predicted octanol–water partition coefficient (Wildman–Crippen LogP) is 12.2. The molecular formula is C64H79Cl5F6N8O9. The molecular weight excluding hydrogens is 1320 g/mol. The van der Waals surface area contributed by atoms with Crippen LogP contribution in [0.4, 0.5) is 35.9 Å². The van der Waals surface area contributed by atoms with E-state index in [0.717, 1.165) is 56.1 Å². The van der Waals surface area contributed by atoms with Gasteiger partial charge in [0, 0.05) is 67.3 Å². The lowest BCUT2D eigenvalue weighted by atomic mass is 9.75. The number of fused-ring (bicyclic) bond motifs is 4. The van der Waals surface area contributed by atoms with E-state index < -0.39 is 83.7 Å². The summed E-state index contributed by atoms with van der Waals surface area (Å²) in [5.41, 5.74) is -0.365. The lowest BCUT2D eigenvalue weighted by molar-refractivity contribution is -0.185. The van der Waals surface area contributed by atoms with Crippen LogP contribution in [0.1, 0.15) is 113 Å². The van der Waals surface area contributed by atoms with Crippen LogP contribution in [-0.2, 0) is 68.4 Å². The molecule has 3 N–H and O–H groups in total. The van der Waals surface area contributed by atoms with E-state index in [1.165, 1.54) is 60.5 Å². The molecule has 0 aromatic heterocycles. The van der Waals surface area contributed by atoms with Crippen molar-refractivity contribution in [3.63, 3.8) is 0 Å². The molecule has 4 aromatic carbocycles. The molecule has 4 aromatic rings. The zero-order valence-electron chi connectivity index (χ0n) is 52.9. The lowest BCUT2D eigenvalue weighted by Gasteiger charge is -2.48. The van der Waals surface area contributed by atoms with E-state index in [1.807, 2.05) is 30.3 Å². The topological polar surface area (TPSA) is 190 Å². The number of aldehydes is 1. The molecule has 0 saturated carbocycles. The third kappa shape index (κ3) is 18.6. The van der Waals surface area contributed by atoms with Crippen LogP contribution >= 0.6 is 58.8 Å². The lowest BCUT2D eigenvalue weighted by Crippen LogP contribution is -2.59. The van der Waals surface area contributed by atoms with Gasteiger partial charge in [-0.25, -0.2) is 9.59 Å². The van der Waals surface area contributed by atoms with Gasteiger partial charge in [-0.15, -0.1) is 12.4 Å². The molecule has 2 saturated heterocycles. The van der Waals surface area contributed by atoms with E-state index in [1.54, 1.807) is 47.6 Å². The van der Waals surface area contributed by atoms with Crippen LogP contribution < -0.4 is 16.0 Å².